The molecule has 2 aromatic heterocycles. The number of hydrogen-bond acceptors (Lipinski definition) is 3. The number of anilines is 1. The number of rotatable bonds is 3. The summed E-state index contributed by atoms with van der Waals surface area (Å²) in [6, 6.07) is 4.27. The van der Waals surface area contributed by atoms with Crippen molar-refractivity contribution in [3.05, 3.63) is 42.7 Å². The first-order valence-electron chi connectivity index (χ1n) is 4.88. The van der Waals surface area contributed by atoms with Crippen LogP contribution in [0, 0.1) is 0 Å². The zero-order valence-corrected chi connectivity index (χ0v) is 13.6. The molecular formula is C11H9Br2ClN2S. The number of nitrogens with zero attached hydrogens (tertiary/aromatic N) is 1. The summed E-state index contributed by atoms with van der Waals surface area (Å²) < 4.78 is 1.91. The summed E-state index contributed by atoms with van der Waals surface area (Å²) >= 11 is 14.4. The standard InChI is InChI=1S/C11H9Br2ClN2S/c1-6(10-2-7(12)5-17-10)16-8-3-9(13)11(14)15-4-8/h2-6,16H,1H3. The Balaban J connectivity index is 2.12. The Morgan fingerprint density at radius 2 is 2.18 bits per heavy atom. The molecule has 1 atom stereocenters. The molecule has 0 aliphatic carbocycles. The van der Waals surface area contributed by atoms with Crippen LogP contribution in [0.4, 0.5) is 5.69 Å². The van der Waals surface area contributed by atoms with Gasteiger partial charge in [0.1, 0.15) is 5.15 Å². The molecule has 1 N–H and O–H groups in total. The van der Waals surface area contributed by atoms with Gasteiger partial charge in [0.05, 0.1) is 22.4 Å². The van der Waals surface area contributed by atoms with E-state index in [9.17, 15) is 0 Å². The van der Waals surface area contributed by atoms with Crippen molar-refractivity contribution in [1.29, 1.82) is 0 Å². The predicted octanol–water partition coefficient (Wildman–Crippen LogP) is 5.49. The van der Waals surface area contributed by atoms with Gasteiger partial charge in [0.25, 0.3) is 0 Å². The van der Waals surface area contributed by atoms with E-state index >= 15 is 0 Å². The Morgan fingerprint density at radius 3 is 2.76 bits per heavy atom. The molecular weight excluding hydrogens is 387 g/mol. The lowest BCUT2D eigenvalue weighted by Crippen LogP contribution is -2.05. The maximum absolute atomic E-state index is 5.85. The number of hydrogen-bond donors (Lipinski definition) is 1. The topological polar surface area (TPSA) is 24.9 Å². The van der Waals surface area contributed by atoms with E-state index in [0.29, 0.717) is 5.15 Å². The molecule has 0 aliphatic heterocycles. The van der Waals surface area contributed by atoms with Gasteiger partial charge in [0, 0.05) is 14.7 Å². The SMILES string of the molecule is CC(Nc1cnc(Cl)c(Br)c1)c1cc(Br)cs1. The van der Waals surface area contributed by atoms with Gasteiger partial charge in [-0.2, -0.15) is 0 Å². The van der Waals surface area contributed by atoms with Crippen LogP contribution in [0.1, 0.15) is 17.8 Å². The molecule has 0 aliphatic rings. The number of pyridine rings is 1. The van der Waals surface area contributed by atoms with Gasteiger partial charge in [-0.3, -0.25) is 0 Å². The van der Waals surface area contributed by atoms with Crippen LogP contribution in [0.3, 0.4) is 0 Å². The lowest BCUT2D eigenvalue weighted by molar-refractivity contribution is 0.905. The number of aromatic nitrogens is 1. The highest BCUT2D eigenvalue weighted by molar-refractivity contribution is 9.10. The quantitative estimate of drug-likeness (QED) is 0.694. The average molecular weight is 397 g/mol. The van der Waals surface area contributed by atoms with E-state index < -0.39 is 0 Å². The van der Waals surface area contributed by atoms with Gasteiger partial charge < -0.3 is 5.32 Å². The Labute approximate surface area is 126 Å². The minimum Gasteiger partial charge on any atom is -0.376 e. The van der Waals surface area contributed by atoms with Crippen molar-refractivity contribution in [3.63, 3.8) is 0 Å². The first-order chi connectivity index (χ1) is 8.06. The fourth-order valence-corrected chi connectivity index (χ4v) is 3.28. The molecule has 17 heavy (non-hydrogen) atoms. The summed E-state index contributed by atoms with van der Waals surface area (Å²) in [4.78, 5) is 5.35. The molecule has 0 aromatic carbocycles. The first-order valence-corrected chi connectivity index (χ1v) is 7.72. The minimum atomic E-state index is 0.237. The third-order valence-electron chi connectivity index (χ3n) is 2.19. The molecule has 2 rings (SSSR count). The number of thiophene rings is 1. The monoisotopic (exact) mass is 394 g/mol. The Morgan fingerprint density at radius 1 is 1.41 bits per heavy atom. The van der Waals surface area contributed by atoms with Crippen LogP contribution in [0.15, 0.2) is 32.7 Å². The second-order valence-electron chi connectivity index (χ2n) is 3.53. The largest absolute Gasteiger partial charge is 0.376 e. The van der Waals surface area contributed by atoms with Gasteiger partial charge >= 0.3 is 0 Å². The number of nitrogens with one attached hydrogen (secondary N) is 1. The van der Waals surface area contributed by atoms with Crippen molar-refractivity contribution in [2.24, 2.45) is 0 Å². The molecule has 90 valence electrons. The molecule has 0 amide bonds. The highest BCUT2D eigenvalue weighted by Gasteiger charge is 2.09. The predicted molar refractivity (Wildman–Crippen MR) is 81.0 cm³/mol. The van der Waals surface area contributed by atoms with Crippen molar-refractivity contribution in [1.82, 2.24) is 4.98 Å². The molecule has 0 spiro atoms. The summed E-state index contributed by atoms with van der Waals surface area (Å²) in [5, 5.41) is 5.93. The van der Waals surface area contributed by atoms with Gasteiger partial charge in [-0.05, 0) is 50.9 Å². The summed E-state index contributed by atoms with van der Waals surface area (Å²) in [5.41, 5.74) is 0.943. The fraction of sp³-hybridized carbons (Fsp3) is 0.182. The lowest BCUT2D eigenvalue weighted by atomic mass is 10.2. The molecule has 6 heteroatoms. The smallest absolute Gasteiger partial charge is 0.143 e. The van der Waals surface area contributed by atoms with Crippen LogP contribution >= 0.6 is 54.8 Å². The molecule has 0 saturated carbocycles. The molecule has 2 heterocycles. The van der Waals surface area contributed by atoms with Crippen LogP contribution in [0.5, 0.6) is 0 Å². The highest BCUT2D eigenvalue weighted by atomic mass is 79.9. The van der Waals surface area contributed by atoms with E-state index in [1.807, 2.05) is 6.07 Å². The summed E-state index contributed by atoms with van der Waals surface area (Å²) in [5.74, 6) is 0. The van der Waals surface area contributed by atoms with Crippen molar-refractivity contribution < 1.29 is 0 Å². The summed E-state index contributed by atoms with van der Waals surface area (Å²) in [6.07, 6.45) is 1.73. The second-order valence-corrected chi connectivity index (χ2v) is 6.60. The maximum atomic E-state index is 5.85. The lowest BCUT2D eigenvalue weighted by Gasteiger charge is -2.13. The molecule has 0 bridgehead atoms. The van der Waals surface area contributed by atoms with Crippen LogP contribution in [-0.4, -0.2) is 4.98 Å². The molecule has 0 fully saturated rings. The summed E-state index contributed by atoms with van der Waals surface area (Å²) in [7, 11) is 0. The summed E-state index contributed by atoms with van der Waals surface area (Å²) in [6.45, 7) is 2.11. The van der Waals surface area contributed by atoms with Gasteiger partial charge in [0.2, 0.25) is 0 Å². The Kier molecular flexibility index (Phi) is 4.47. The van der Waals surface area contributed by atoms with E-state index in [-0.39, 0.29) is 6.04 Å². The molecule has 2 aromatic rings. The Hall–Kier alpha value is -0.100. The van der Waals surface area contributed by atoms with E-state index in [0.717, 1.165) is 14.6 Å². The first kappa shape index (κ1) is 13.3. The van der Waals surface area contributed by atoms with Crippen molar-refractivity contribution >= 4 is 60.5 Å². The maximum Gasteiger partial charge on any atom is 0.143 e. The zero-order valence-electron chi connectivity index (χ0n) is 8.88. The van der Waals surface area contributed by atoms with E-state index in [1.165, 1.54) is 4.88 Å². The van der Waals surface area contributed by atoms with Crippen molar-refractivity contribution in [2.75, 3.05) is 5.32 Å². The van der Waals surface area contributed by atoms with E-state index in [4.69, 9.17) is 11.6 Å². The molecule has 0 saturated heterocycles. The normalized spacial score (nSPS) is 12.5. The van der Waals surface area contributed by atoms with Gasteiger partial charge in [-0.15, -0.1) is 11.3 Å². The third-order valence-corrected chi connectivity index (χ3v) is 5.20. The highest BCUT2D eigenvalue weighted by Crippen LogP contribution is 2.29. The van der Waals surface area contributed by atoms with E-state index in [2.05, 4.69) is 60.5 Å². The molecule has 1 unspecified atom stereocenters. The zero-order chi connectivity index (χ0) is 12.4. The van der Waals surface area contributed by atoms with E-state index in [1.54, 1.807) is 17.5 Å². The molecule has 2 nitrogen and oxygen atoms in total. The average Bonchev–Trinajstić information content (AvgIpc) is 2.70. The van der Waals surface area contributed by atoms with Gasteiger partial charge in [-0.25, -0.2) is 4.98 Å². The third kappa shape index (κ3) is 3.44. The Bertz CT molecular complexity index is 530. The van der Waals surface area contributed by atoms with Crippen molar-refractivity contribution in [3.8, 4) is 0 Å². The van der Waals surface area contributed by atoms with Gasteiger partial charge in [0.15, 0.2) is 0 Å². The van der Waals surface area contributed by atoms with Gasteiger partial charge in [-0.1, -0.05) is 11.6 Å². The fourth-order valence-electron chi connectivity index (χ4n) is 1.38. The van der Waals surface area contributed by atoms with Crippen LogP contribution in [-0.2, 0) is 0 Å². The van der Waals surface area contributed by atoms with Crippen LogP contribution < -0.4 is 5.32 Å². The van der Waals surface area contributed by atoms with Crippen LogP contribution in [0.2, 0.25) is 5.15 Å². The minimum absolute atomic E-state index is 0.237. The second kappa shape index (κ2) is 5.69. The molecule has 0 radical (unpaired) electrons. The van der Waals surface area contributed by atoms with Crippen molar-refractivity contribution in [2.45, 2.75) is 13.0 Å². The number of halogens is 3. The van der Waals surface area contributed by atoms with Crippen LogP contribution in [0.25, 0.3) is 0 Å².